The molecule has 0 fully saturated rings. The van der Waals surface area contributed by atoms with E-state index in [0.29, 0.717) is 0 Å². The standard InChI is InChI=1S/C15H16O4/c1-3-13(16)14(10-15(17)18-4-2)19-11-12-8-6-5-7-9-12/h3,5-10H,1,4,11H2,2H3/b14-10-. The maximum atomic E-state index is 11.6. The normalized spacial score (nSPS) is 10.7. The van der Waals surface area contributed by atoms with Crippen LogP contribution in [0.4, 0.5) is 0 Å². The number of esters is 1. The number of hydrogen-bond acceptors (Lipinski definition) is 4. The van der Waals surface area contributed by atoms with Gasteiger partial charge in [-0.25, -0.2) is 4.79 Å². The molecule has 0 aromatic heterocycles. The number of hydrogen-bond donors (Lipinski definition) is 0. The third kappa shape index (κ3) is 5.21. The van der Waals surface area contributed by atoms with E-state index in [1.54, 1.807) is 6.92 Å². The molecule has 0 atom stereocenters. The Hall–Kier alpha value is -2.36. The fraction of sp³-hybridized carbons (Fsp3) is 0.200. The van der Waals surface area contributed by atoms with Crippen molar-refractivity contribution in [3.63, 3.8) is 0 Å². The molecular formula is C15H16O4. The molecular weight excluding hydrogens is 244 g/mol. The Morgan fingerprint density at radius 2 is 1.89 bits per heavy atom. The quantitative estimate of drug-likeness (QED) is 0.429. The average Bonchev–Trinajstić information content (AvgIpc) is 2.44. The SMILES string of the molecule is C=CC(=O)/C(=C/C(=O)OCC)OCc1ccccc1. The van der Waals surface area contributed by atoms with Gasteiger partial charge in [0, 0.05) is 0 Å². The van der Waals surface area contributed by atoms with Gasteiger partial charge in [0.15, 0.2) is 5.76 Å². The van der Waals surface area contributed by atoms with Crippen LogP contribution in [0.3, 0.4) is 0 Å². The number of carbonyl (C=O) groups is 2. The minimum Gasteiger partial charge on any atom is -0.485 e. The van der Waals surface area contributed by atoms with Gasteiger partial charge < -0.3 is 9.47 Å². The van der Waals surface area contributed by atoms with Gasteiger partial charge in [0.05, 0.1) is 12.7 Å². The summed E-state index contributed by atoms with van der Waals surface area (Å²) >= 11 is 0. The third-order valence-electron chi connectivity index (χ3n) is 2.20. The molecule has 0 aliphatic rings. The highest BCUT2D eigenvalue weighted by molar-refractivity contribution is 6.05. The number of rotatable bonds is 7. The minimum absolute atomic E-state index is 0.0719. The van der Waals surface area contributed by atoms with E-state index in [9.17, 15) is 9.59 Å². The Kier molecular flexibility index (Phi) is 6.09. The van der Waals surface area contributed by atoms with E-state index in [4.69, 9.17) is 9.47 Å². The van der Waals surface area contributed by atoms with E-state index in [2.05, 4.69) is 6.58 Å². The predicted molar refractivity (Wildman–Crippen MR) is 71.2 cm³/mol. The largest absolute Gasteiger partial charge is 0.485 e. The summed E-state index contributed by atoms with van der Waals surface area (Å²) in [7, 11) is 0. The smallest absolute Gasteiger partial charge is 0.334 e. The number of benzene rings is 1. The summed E-state index contributed by atoms with van der Waals surface area (Å²) in [5, 5.41) is 0. The highest BCUT2D eigenvalue weighted by Gasteiger charge is 2.10. The maximum absolute atomic E-state index is 11.6. The van der Waals surface area contributed by atoms with Crippen molar-refractivity contribution in [2.45, 2.75) is 13.5 Å². The summed E-state index contributed by atoms with van der Waals surface area (Å²) in [5.41, 5.74) is 0.897. The van der Waals surface area contributed by atoms with Gasteiger partial charge in [0.25, 0.3) is 0 Å². The lowest BCUT2D eigenvalue weighted by molar-refractivity contribution is -0.137. The van der Waals surface area contributed by atoms with Gasteiger partial charge in [-0.05, 0) is 18.6 Å². The molecule has 0 spiro atoms. The second kappa shape index (κ2) is 7.87. The molecule has 100 valence electrons. The molecule has 19 heavy (non-hydrogen) atoms. The van der Waals surface area contributed by atoms with Crippen LogP contribution >= 0.6 is 0 Å². The number of allylic oxidation sites excluding steroid dienone is 1. The Morgan fingerprint density at radius 1 is 1.21 bits per heavy atom. The van der Waals surface area contributed by atoms with Gasteiger partial charge in [-0.15, -0.1) is 0 Å². The van der Waals surface area contributed by atoms with Crippen molar-refractivity contribution in [1.29, 1.82) is 0 Å². The van der Waals surface area contributed by atoms with Gasteiger partial charge in [0.1, 0.15) is 6.61 Å². The highest BCUT2D eigenvalue weighted by Crippen LogP contribution is 2.08. The zero-order valence-corrected chi connectivity index (χ0v) is 10.8. The summed E-state index contributed by atoms with van der Waals surface area (Å²) in [6.07, 6.45) is 2.13. The summed E-state index contributed by atoms with van der Waals surface area (Å²) < 4.78 is 10.1. The lowest BCUT2D eigenvalue weighted by Gasteiger charge is -2.07. The zero-order chi connectivity index (χ0) is 14.1. The minimum atomic E-state index is -0.610. The van der Waals surface area contributed by atoms with Crippen molar-refractivity contribution in [3.8, 4) is 0 Å². The Balaban J connectivity index is 2.73. The first-order valence-corrected chi connectivity index (χ1v) is 5.89. The molecule has 0 heterocycles. The van der Waals surface area contributed by atoms with Crippen molar-refractivity contribution in [2.75, 3.05) is 6.61 Å². The molecule has 0 bridgehead atoms. The fourth-order valence-electron chi connectivity index (χ4n) is 1.31. The van der Waals surface area contributed by atoms with Crippen LogP contribution in [0.15, 0.2) is 54.8 Å². The molecule has 0 aliphatic heterocycles. The van der Waals surface area contributed by atoms with Crippen LogP contribution in [0.5, 0.6) is 0 Å². The first-order chi connectivity index (χ1) is 9.17. The van der Waals surface area contributed by atoms with Crippen LogP contribution in [0.2, 0.25) is 0 Å². The second-order valence-electron chi connectivity index (χ2n) is 3.60. The van der Waals surface area contributed by atoms with E-state index < -0.39 is 11.8 Å². The van der Waals surface area contributed by atoms with Crippen LogP contribution < -0.4 is 0 Å². The average molecular weight is 260 g/mol. The van der Waals surface area contributed by atoms with Crippen molar-refractivity contribution < 1.29 is 19.1 Å². The van der Waals surface area contributed by atoms with Crippen LogP contribution in [0.25, 0.3) is 0 Å². The molecule has 0 N–H and O–H groups in total. The van der Waals surface area contributed by atoms with Crippen LogP contribution in [-0.4, -0.2) is 18.4 Å². The topological polar surface area (TPSA) is 52.6 Å². The third-order valence-corrected chi connectivity index (χ3v) is 2.20. The molecule has 0 saturated carbocycles. The van der Waals surface area contributed by atoms with Gasteiger partial charge in [-0.2, -0.15) is 0 Å². The first kappa shape index (κ1) is 14.7. The zero-order valence-electron chi connectivity index (χ0n) is 10.8. The van der Waals surface area contributed by atoms with Crippen molar-refractivity contribution in [2.24, 2.45) is 0 Å². The molecule has 0 aliphatic carbocycles. The lowest BCUT2D eigenvalue weighted by Crippen LogP contribution is -2.08. The Labute approximate surface area is 112 Å². The van der Waals surface area contributed by atoms with Crippen LogP contribution in [0.1, 0.15) is 12.5 Å². The lowest BCUT2D eigenvalue weighted by atomic mass is 10.2. The number of carbonyl (C=O) groups excluding carboxylic acids is 2. The summed E-state index contributed by atoms with van der Waals surface area (Å²) in [5.74, 6) is -1.14. The van der Waals surface area contributed by atoms with E-state index in [0.717, 1.165) is 17.7 Å². The fourth-order valence-corrected chi connectivity index (χ4v) is 1.31. The summed E-state index contributed by atoms with van der Waals surface area (Å²) in [6.45, 7) is 5.49. The van der Waals surface area contributed by atoms with E-state index in [1.807, 2.05) is 30.3 Å². The van der Waals surface area contributed by atoms with E-state index in [-0.39, 0.29) is 19.0 Å². The predicted octanol–water partition coefficient (Wildman–Crippen LogP) is 2.41. The monoisotopic (exact) mass is 260 g/mol. The Bertz CT molecular complexity index is 474. The molecule has 1 aromatic carbocycles. The van der Waals surface area contributed by atoms with Crippen molar-refractivity contribution in [1.82, 2.24) is 0 Å². The molecule has 0 saturated heterocycles. The molecule has 0 radical (unpaired) electrons. The number of ketones is 1. The van der Waals surface area contributed by atoms with Gasteiger partial charge in [0.2, 0.25) is 5.78 Å². The van der Waals surface area contributed by atoms with E-state index >= 15 is 0 Å². The van der Waals surface area contributed by atoms with E-state index in [1.165, 1.54) is 0 Å². The van der Waals surface area contributed by atoms with Crippen molar-refractivity contribution >= 4 is 11.8 Å². The molecule has 0 amide bonds. The van der Waals surface area contributed by atoms with Crippen LogP contribution in [0, 0.1) is 0 Å². The maximum Gasteiger partial charge on any atom is 0.334 e. The summed E-state index contributed by atoms with van der Waals surface area (Å²) in [4.78, 5) is 22.9. The van der Waals surface area contributed by atoms with Crippen LogP contribution in [-0.2, 0) is 25.7 Å². The van der Waals surface area contributed by atoms with Gasteiger partial charge in [-0.1, -0.05) is 36.9 Å². The summed E-state index contributed by atoms with van der Waals surface area (Å²) in [6, 6.07) is 9.33. The molecule has 0 unspecified atom stereocenters. The molecule has 4 heteroatoms. The molecule has 4 nitrogen and oxygen atoms in total. The van der Waals surface area contributed by atoms with Crippen molar-refractivity contribution in [3.05, 3.63) is 60.4 Å². The highest BCUT2D eigenvalue weighted by atomic mass is 16.5. The second-order valence-corrected chi connectivity index (χ2v) is 3.60. The molecule has 1 aromatic rings. The number of ether oxygens (including phenoxy) is 2. The van der Waals surface area contributed by atoms with Gasteiger partial charge >= 0.3 is 5.97 Å². The molecule has 1 rings (SSSR count). The Morgan fingerprint density at radius 3 is 2.47 bits per heavy atom. The first-order valence-electron chi connectivity index (χ1n) is 5.89. The van der Waals surface area contributed by atoms with Gasteiger partial charge in [-0.3, -0.25) is 4.79 Å².